The summed E-state index contributed by atoms with van der Waals surface area (Å²) in [6.45, 7) is 4.14. The largest absolute Gasteiger partial charge is 0.340 e. The normalized spacial score (nSPS) is 37.3. The summed E-state index contributed by atoms with van der Waals surface area (Å²) < 4.78 is 0. The van der Waals surface area contributed by atoms with Gasteiger partial charge in [-0.15, -0.1) is 0 Å². The SMILES string of the molecule is CC1CCCC(N2C(=O)C3(CCCC3)NC(=O)C2C)C1. The Morgan fingerprint density at radius 1 is 1.10 bits per heavy atom. The Bertz CT molecular complexity index is 415. The Kier molecular flexibility index (Phi) is 3.51. The predicted octanol–water partition coefficient (Wildman–Crippen LogP) is 2.22. The van der Waals surface area contributed by atoms with Crippen molar-refractivity contribution in [3.63, 3.8) is 0 Å². The van der Waals surface area contributed by atoms with Crippen LogP contribution in [0, 0.1) is 5.92 Å². The molecule has 3 fully saturated rings. The van der Waals surface area contributed by atoms with Crippen LogP contribution in [0.2, 0.25) is 0 Å². The molecule has 3 aliphatic rings. The monoisotopic (exact) mass is 278 g/mol. The van der Waals surface area contributed by atoms with Crippen LogP contribution in [0.15, 0.2) is 0 Å². The molecule has 20 heavy (non-hydrogen) atoms. The maximum Gasteiger partial charge on any atom is 0.249 e. The molecule has 2 aliphatic carbocycles. The van der Waals surface area contributed by atoms with Gasteiger partial charge in [-0.25, -0.2) is 0 Å². The van der Waals surface area contributed by atoms with Gasteiger partial charge in [0.1, 0.15) is 11.6 Å². The van der Waals surface area contributed by atoms with E-state index in [1.165, 1.54) is 12.8 Å². The molecule has 3 atom stereocenters. The second kappa shape index (κ2) is 5.05. The minimum absolute atomic E-state index is 0.0460. The Hall–Kier alpha value is -1.06. The zero-order valence-electron chi connectivity index (χ0n) is 12.7. The summed E-state index contributed by atoms with van der Waals surface area (Å²) in [6, 6.07) is -0.0335. The van der Waals surface area contributed by atoms with Crippen molar-refractivity contribution >= 4 is 11.8 Å². The van der Waals surface area contributed by atoms with E-state index in [4.69, 9.17) is 0 Å². The van der Waals surface area contributed by atoms with Crippen LogP contribution in [-0.2, 0) is 9.59 Å². The third-order valence-electron chi connectivity index (χ3n) is 5.56. The third-order valence-corrected chi connectivity index (χ3v) is 5.56. The smallest absolute Gasteiger partial charge is 0.249 e. The van der Waals surface area contributed by atoms with Crippen molar-refractivity contribution in [1.29, 1.82) is 0 Å². The molecule has 1 aliphatic heterocycles. The first-order valence-electron chi connectivity index (χ1n) is 8.18. The van der Waals surface area contributed by atoms with Crippen LogP contribution in [0.1, 0.15) is 65.2 Å². The van der Waals surface area contributed by atoms with Crippen LogP contribution < -0.4 is 5.32 Å². The van der Waals surface area contributed by atoms with E-state index in [2.05, 4.69) is 12.2 Å². The van der Waals surface area contributed by atoms with Gasteiger partial charge in [0, 0.05) is 6.04 Å². The lowest BCUT2D eigenvalue weighted by atomic mass is 9.82. The van der Waals surface area contributed by atoms with E-state index in [9.17, 15) is 9.59 Å². The molecular weight excluding hydrogens is 252 g/mol. The van der Waals surface area contributed by atoms with E-state index in [0.29, 0.717) is 5.92 Å². The van der Waals surface area contributed by atoms with Crippen molar-refractivity contribution in [1.82, 2.24) is 10.2 Å². The minimum atomic E-state index is -0.565. The topological polar surface area (TPSA) is 49.4 Å². The number of hydrogen-bond acceptors (Lipinski definition) is 2. The molecule has 0 bridgehead atoms. The van der Waals surface area contributed by atoms with E-state index in [1.807, 2.05) is 11.8 Å². The van der Waals surface area contributed by atoms with E-state index in [-0.39, 0.29) is 23.9 Å². The second-order valence-corrected chi connectivity index (χ2v) is 7.09. The molecule has 1 N–H and O–H groups in total. The maximum absolute atomic E-state index is 13.0. The molecule has 112 valence electrons. The molecule has 2 saturated carbocycles. The number of hydrogen-bond donors (Lipinski definition) is 1. The van der Waals surface area contributed by atoms with Crippen LogP contribution in [0.25, 0.3) is 0 Å². The first-order valence-corrected chi connectivity index (χ1v) is 8.18. The average molecular weight is 278 g/mol. The summed E-state index contributed by atoms with van der Waals surface area (Å²) in [5.74, 6) is 0.907. The summed E-state index contributed by atoms with van der Waals surface area (Å²) in [6.07, 6.45) is 8.29. The number of nitrogens with zero attached hydrogens (tertiary/aromatic N) is 1. The predicted molar refractivity (Wildman–Crippen MR) is 77.1 cm³/mol. The number of amides is 2. The second-order valence-electron chi connectivity index (χ2n) is 7.09. The number of carbonyl (C=O) groups is 2. The van der Waals surface area contributed by atoms with Gasteiger partial charge in [0.15, 0.2) is 0 Å². The Labute approximate surface area is 121 Å². The molecule has 0 aromatic carbocycles. The van der Waals surface area contributed by atoms with Gasteiger partial charge in [0.2, 0.25) is 11.8 Å². The zero-order chi connectivity index (χ0) is 14.3. The Morgan fingerprint density at radius 2 is 1.80 bits per heavy atom. The standard InChI is InChI=1S/C16H26N2O2/c1-11-6-5-7-13(10-11)18-12(2)14(19)17-16(15(18)20)8-3-4-9-16/h11-13H,3-10H2,1-2H3,(H,17,19). The first kappa shape index (κ1) is 13.9. The summed E-state index contributed by atoms with van der Waals surface area (Å²) in [4.78, 5) is 27.3. The summed E-state index contributed by atoms with van der Waals surface area (Å²) in [5.41, 5.74) is -0.565. The Morgan fingerprint density at radius 3 is 2.45 bits per heavy atom. The van der Waals surface area contributed by atoms with Crippen LogP contribution in [0.4, 0.5) is 0 Å². The van der Waals surface area contributed by atoms with Gasteiger partial charge in [0.25, 0.3) is 0 Å². The molecule has 3 rings (SSSR count). The molecule has 0 aromatic heterocycles. The average Bonchev–Trinajstić information content (AvgIpc) is 2.87. The Balaban J connectivity index is 1.86. The van der Waals surface area contributed by atoms with Gasteiger partial charge in [-0.1, -0.05) is 32.6 Å². The van der Waals surface area contributed by atoms with Crippen LogP contribution in [0.3, 0.4) is 0 Å². The molecule has 1 spiro atoms. The van der Waals surface area contributed by atoms with Crippen molar-refractivity contribution in [3.8, 4) is 0 Å². The molecule has 1 heterocycles. The fourth-order valence-corrected chi connectivity index (χ4v) is 4.40. The highest BCUT2D eigenvalue weighted by Gasteiger charge is 2.52. The highest BCUT2D eigenvalue weighted by molar-refractivity contribution is 6.00. The molecule has 3 unspecified atom stereocenters. The van der Waals surface area contributed by atoms with Gasteiger partial charge in [0.05, 0.1) is 0 Å². The van der Waals surface area contributed by atoms with E-state index in [1.54, 1.807) is 0 Å². The summed E-state index contributed by atoms with van der Waals surface area (Å²) >= 11 is 0. The van der Waals surface area contributed by atoms with Crippen molar-refractivity contribution in [3.05, 3.63) is 0 Å². The molecule has 2 amide bonds. The van der Waals surface area contributed by atoms with Crippen LogP contribution >= 0.6 is 0 Å². The van der Waals surface area contributed by atoms with E-state index >= 15 is 0 Å². The number of carbonyl (C=O) groups excluding carboxylic acids is 2. The van der Waals surface area contributed by atoms with Crippen molar-refractivity contribution in [2.45, 2.75) is 82.8 Å². The van der Waals surface area contributed by atoms with Crippen molar-refractivity contribution in [2.75, 3.05) is 0 Å². The molecule has 0 aromatic rings. The van der Waals surface area contributed by atoms with Gasteiger partial charge in [-0.05, 0) is 38.5 Å². The maximum atomic E-state index is 13.0. The minimum Gasteiger partial charge on any atom is -0.340 e. The summed E-state index contributed by atoms with van der Waals surface area (Å²) in [5, 5.41) is 3.04. The van der Waals surface area contributed by atoms with Gasteiger partial charge >= 0.3 is 0 Å². The summed E-state index contributed by atoms with van der Waals surface area (Å²) in [7, 11) is 0. The fourth-order valence-electron chi connectivity index (χ4n) is 4.40. The van der Waals surface area contributed by atoms with E-state index < -0.39 is 5.54 Å². The number of piperazine rings is 1. The van der Waals surface area contributed by atoms with Crippen LogP contribution in [-0.4, -0.2) is 34.3 Å². The quantitative estimate of drug-likeness (QED) is 0.799. The lowest BCUT2D eigenvalue weighted by Gasteiger charge is -2.48. The molecule has 1 saturated heterocycles. The van der Waals surface area contributed by atoms with Gasteiger partial charge in [-0.3, -0.25) is 9.59 Å². The number of nitrogens with one attached hydrogen (secondary N) is 1. The zero-order valence-corrected chi connectivity index (χ0v) is 12.7. The van der Waals surface area contributed by atoms with Crippen molar-refractivity contribution in [2.24, 2.45) is 5.92 Å². The van der Waals surface area contributed by atoms with Gasteiger partial charge < -0.3 is 10.2 Å². The van der Waals surface area contributed by atoms with Crippen LogP contribution in [0.5, 0.6) is 0 Å². The first-order chi connectivity index (χ1) is 9.53. The third kappa shape index (κ3) is 2.13. The molecular formula is C16H26N2O2. The molecule has 0 radical (unpaired) electrons. The van der Waals surface area contributed by atoms with E-state index in [0.717, 1.165) is 38.5 Å². The fraction of sp³-hybridized carbons (Fsp3) is 0.875. The van der Waals surface area contributed by atoms with Crippen molar-refractivity contribution < 1.29 is 9.59 Å². The lowest BCUT2D eigenvalue weighted by molar-refractivity contribution is -0.158. The van der Waals surface area contributed by atoms with Gasteiger partial charge in [-0.2, -0.15) is 0 Å². The lowest BCUT2D eigenvalue weighted by Crippen LogP contribution is -2.70. The molecule has 4 nitrogen and oxygen atoms in total. The number of rotatable bonds is 1. The molecule has 4 heteroatoms. The highest BCUT2D eigenvalue weighted by Crippen LogP contribution is 2.38. The highest BCUT2D eigenvalue weighted by atomic mass is 16.2.